The van der Waals surface area contributed by atoms with E-state index in [4.69, 9.17) is 0 Å². The lowest BCUT2D eigenvalue weighted by Crippen LogP contribution is -2.35. The largest absolute Gasteiger partial charge is 0.310 e. The van der Waals surface area contributed by atoms with Crippen molar-refractivity contribution < 1.29 is 4.39 Å². The topological polar surface area (TPSA) is 49.0 Å². The first kappa shape index (κ1) is 15.9. The molecule has 0 saturated heterocycles. The van der Waals surface area contributed by atoms with Gasteiger partial charge in [-0.25, -0.2) is 9.37 Å². The zero-order chi connectivity index (χ0) is 16.4. The SMILES string of the molecule is CCCc1nc2c(c(=O)[nH]1)CN(Cc1ccc(F)c(C)c1)CC2. The lowest BCUT2D eigenvalue weighted by molar-refractivity contribution is 0.241. The van der Waals surface area contributed by atoms with Crippen molar-refractivity contribution in [2.75, 3.05) is 6.54 Å². The van der Waals surface area contributed by atoms with Gasteiger partial charge in [-0.15, -0.1) is 0 Å². The maximum absolute atomic E-state index is 13.4. The fourth-order valence-corrected chi connectivity index (χ4v) is 3.09. The van der Waals surface area contributed by atoms with E-state index in [9.17, 15) is 9.18 Å². The van der Waals surface area contributed by atoms with Gasteiger partial charge in [0.05, 0.1) is 11.3 Å². The van der Waals surface area contributed by atoms with Gasteiger partial charge >= 0.3 is 0 Å². The van der Waals surface area contributed by atoms with E-state index in [2.05, 4.69) is 21.8 Å². The molecule has 23 heavy (non-hydrogen) atoms. The monoisotopic (exact) mass is 315 g/mol. The summed E-state index contributed by atoms with van der Waals surface area (Å²) in [6.45, 7) is 6.03. The number of benzene rings is 1. The van der Waals surface area contributed by atoms with Crippen molar-refractivity contribution in [2.45, 2.75) is 46.2 Å². The summed E-state index contributed by atoms with van der Waals surface area (Å²) in [4.78, 5) is 22.0. The molecule has 2 heterocycles. The van der Waals surface area contributed by atoms with E-state index in [1.165, 1.54) is 6.07 Å². The second kappa shape index (κ2) is 6.62. The number of aryl methyl sites for hydroxylation is 2. The molecule has 1 aromatic heterocycles. The van der Waals surface area contributed by atoms with Crippen LogP contribution < -0.4 is 5.56 Å². The summed E-state index contributed by atoms with van der Waals surface area (Å²) in [5.74, 6) is 0.612. The van der Waals surface area contributed by atoms with Crippen LogP contribution in [-0.4, -0.2) is 21.4 Å². The zero-order valence-electron chi connectivity index (χ0n) is 13.7. The third-order valence-corrected chi connectivity index (χ3v) is 4.31. The Balaban J connectivity index is 1.77. The van der Waals surface area contributed by atoms with Crippen molar-refractivity contribution in [3.05, 3.63) is 62.6 Å². The fraction of sp³-hybridized carbons (Fsp3) is 0.444. The Bertz CT molecular complexity index is 769. The molecule has 0 radical (unpaired) electrons. The molecule has 1 aliphatic rings. The number of hydrogen-bond donors (Lipinski definition) is 1. The van der Waals surface area contributed by atoms with Gasteiger partial charge in [0.25, 0.3) is 5.56 Å². The molecular weight excluding hydrogens is 293 g/mol. The van der Waals surface area contributed by atoms with Crippen LogP contribution in [0.25, 0.3) is 0 Å². The normalized spacial score (nSPS) is 14.7. The molecule has 5 heteroatoms. The molecule has 0 saturated carbocycles. The van der Waals surface area contributed by atoms with Crippen molar-refractivity contribution in [2.24, 2.45) is 0 Å². The lowest BCUT2D eigenvalue weighted by atomic mass is 10.0. The van der Waals surface area contributed by atoms with Crippen LogP contribution in [0, 0.1) is 12.7 Å². The first-order valence-electron chi connectivity index (χ1n) is 8.15. The Kier molecular flexibility index (Phi) is 4.57. The molecular formula is C18H22FN3O. The van der Waals surface area contributed by atoms with Crippen LogP contribution in [0.4, 0.5) is 4.39 Å². The molecule has 2 aromatic rings. The predicted molar refractivity (Wildman–Crippen MR) is 87.8 cm³/mol. The summed E-state index contributed by atoms with van der Waals surface area (Å²) >= 11 is 0. The molecule has 3 rings (SSSR count). The van der Waals surface area contributed by atoms with Crippen molar-refractivity contribution in [3.8, 4) is 0 Å². The van der Waals surface area contributed by atoms with Crippen molar-refractivity contribution in [1.82, 2.24) is 14.9 Å². The molecule has 122 valence electrons. The number of rotatable bonds is 4. The maximum atomic E-state index is 13.4. The van der Waals surface area contributed by atoms with Crippen molar-refractivity contribution in [3.63, 3.8) is 0 Å². The summed E-state index contributed by atoms with van der Waals surface area (Å²) in [6.07, 6.45) is 2.56. The molecule has 0 unspecified atom stereocenters. The maximum Gasteiger partial charge on any atom is 0.255 e. The number of halogens is 1. The van der Waals surface area contributed by atoms with Gasteiger partial charge in [-0.05, 0) is 30.5 Å². The van der Waals surface area contributed by atoms with Gasteiger partial charge in [0, 0.05) is 32.5 Å². The quantitative estimate of drug-likeness (QED) is 0.944. The number of nitrogens with zero attached hydrogens (tertiary/aromatic N) is 2. The summed E-state index contributed by atoms with van der Waals surface area (Å²) in [6, 6.07) is 5.19. The summed E-state index contributed by atoms with van der Waals surface area (Å²) < 4.78 is 13.4. The van der Waals surface area contributed by atoms with Gasteiger partial charge in [-0.2, -0.15) is 0 Å². The van der Waals surface area contributed by atoms with Gasteiger partial charge in [-0.1, -0.05) is 19.1 Å². The van der Waals surface area contributed by atoms with Crippen LogP contribution in [0.15, 0.2) is 23.0 Å². The number of fused-ring (bicyclic) bond motifs is 1. The van der Waals surface area contributed by atoms with E-state index in [0.717, 1.165) is 55.0 Å². The average Bonchev–Trinajstić information content (AvgIpc) is 2.52. The molecule has 1 aromatic carbocycles. The highest BCUT2D eigenvalue weighted by Crippen LogP contribution is 2.18. The average molecular weight is 315 g/mol. The highest BCUT2D eigenvalue weighted by atomic mass is 19.1. The second-order valence-corrected chi connectivity index (χ2v) is 6.23. The molecule has 0 amide bonds. The van der Waals surface area contributed by atoms with Crippen molar-refractivity contribution >= 4 is 0 Å². The molecule has 0 fully saturated rings. The molecule has 0 atom stereocenters. The molecule has 4 nitrogen and oxygen atoms in total. The van der Waals surface area contributed by atoms with Gasteiger partial charge in [0.1, 0.15) is 11.6 Å². The van der Waals surface area contributed by atoms with E-state index >= 15 is 0 Å². The number of aromatic amines is 1. The first-order chi connectivity index (χ1) is 11.1. The smallest absolute Gasteiger partial charge is 0.255 e. The highest BCUT2D eigenvalue weighted by molar-refractivity contribution is 5.25. The van der Waals surface area contributed by atoms with E-state index in [-0.39, 0.29) is 11.4 Å². The van der Waals surface area contributed by atoms with Gasteiger partial charge in [-0.3, -0.25) is 9.69 Å². The number of aromatic nitrogens is 2. The van der Waals surface area contributed by atoms with Crippen LogP contribution >= 0.6 is 0 Å². The number of hydrogen-bond acceptors (Lipinski definition) is 3. The number of nitrogens with one attached hydrogen (secondary N) is 1. The highest BCUT2D eigenvalue weighted by Gasteiger charge is 2.21. The summed E-state index contributed by atoms with van der Waals surface area (Å²) in [7, 11) is 0. The van der Waals surface area contributed by atoms with E-state index < -0.39 is 0 Å². The summed E-state index contributed by atoms with van der Waals surface area (Å²) in [5.41, 5.74) is 3.42. The minimum absolute atomic E-state index is 0.0153. The predicted octanol–water partition coefficient (Wildman–Crippen LogP) is 2.73. The zero-order valence-corrected chi connectivity index (χ0v) is 13.7. The van der Waals surface area contributed by atoms with Crippen LogP contribution in [0.2, 0.25) is 0 Å². The third-order valence-electron chi connectivity index (χ3n) is 4.31. The van der Waals surface area contributed by atoms with Crippen LogP contribution in [0.3, 0.4) is 0 Å². The minimum Gasteiger partial charge on any atom is -0.310 e. The van der Waals surface area contributed by atoms with E-state index in [0.29, 0.717) is 12.1 Å². The standard InChI is InChI=1S/C18H22FN3O/c1-3-4-17-20-16-7-8-22(11-14(16)18(23)21-17)10-13-5-6-15(19)12(2)9-13/h5-6,9H,3-4,7-8,10-11H2,1-2H3,(H,20,21,23). The molecule has 1 N–H and O–H groups in total. The Hall–Kier alpha value is -2.01. The van der Waals surface area contributed by atoms with Gasteiger partial charge in [0.2, 0.25) is 0 Å². The Morgan fingerprint density at radius 2 is 2.22 bits per heavy atom. The third kappa shape index (κ3) is 3.50. The lowest BCUT2D eigenvalue weighted by Gasteiger charge is -2.27. The van der Waals surface area contributed by atoms with Crippen LogP contribution in [-0.2, 0) is 25.9 Å². The fourth-order valence-electron chi connectivity index (χ4n) is 3.09. The van der Waals surface area contributed by atoms with Crippen molar-refractivity contribution in [1.29, 1.82) is 0 Å². The second-order valence-electron chi connectivity index (χ2n) is 6.23. The van der Waals surface area contributed by atoms with Crippen LogP contribution in [0.1, 0.15) is 41.6 Å². The first-order valence-corrected chi connectivity index (χ1v) is 8.15. The van der Waals surface area contributed by atoms with Gasteiger partial charge < -0.3 is 4.98 Å². The molecule has 0 bridgehead atoms. The Labute approximate surface area is 135 Å². The molecule has 0 spiro atoms. The molecule has 0 aliphatic carbocycles. The van der Waals surface area contributed by atoms with E-state index in [1.54, 1.807) is 6.92 Å². The van der Waals surface area contributed by atoms with Crippen LogP contribution in [0.5, 0.6) is 0 Å². The summed E-state index contributed by atoms with van der Waals surface area (Å²) in [5, 5.41) is 0. The molecule has 1 aliphatic heterocycles. The Morgan fingerprint density at radius 1 is 1.39 bits per heavy atom. The minimum atomic E-state index is -0.179. The van der Waals surface area contributed by atoms with E-state index in [1.807, 2.05) is 12.1 Å². The van der Waals surface area contributed by atoms with Gasteiger partial charge in [0.15, 0.2) is 0 Å². The Morgan fingerprint density at radius 3 is 2.96 bits per heavy atom. The number of H-pyrrole nitrogens is 1.